The Morgan fingerprint density at radius 3 is 2.09 bits per heavy atom. The Morgan fingerprint density at radius 2 is 1.64 bits per heavy atom. The van der Waals surface area contributed by atoms with Crippen LogP contribution in [-0.4, -0.2) is 67.3 Å². The van der Waals surface area contributed by atoms with Gasteiger partial charge in [-0.15, -0.1) is 0 Å². The van der Waals surface area contributed by atoms with E-state index in [1.165, 1.54) is 0 Å². The van der Waals surface area contributed by atoms with Gasteiger partial charge in [0.15, 0.2) is 0 Å². The normalized spacial score (nSPS) is 34.3. The first kappa shape index (κ1) is 17.3. The molecule has 6 heteroatoms. The van der Waals surface area contributed by atoms with Gasteiger partial charge in [0.2, 0.25) is 0 Å². The van der Waals surface area contributed by atoms with Crippen molar-refractivity contribution in [3.8, 4) is 0 Å². The molecule has 1 aromatic carbocycles. The third kappa shape index (κ3) is 2.56. The fraction of sp³-hybridized carbons (Fsp3) is 0.625. The van der Waals surface area contributed by atoms with Crippen LogP contribution in [0.3, 0.4) is 0 Å². The Bertz CT molecular complexity index is 502. The van der Waals surface area contributed by atoms with Gasteiger partial charge in [0, 0.05) is 5.92 Å². The van der Waals surface area contributed by atoms with E-state index in [0.29, 0.717) is 11.5 Å². The summed E-state index contributed by atoms with van der Waals surface area (Å²) in [7, 11) is 0. The molecule has 2 rings (SSSR count). The highest BCUT2D eigenvalue weighted by Crippen LogP contribution is 2.49. The summed E-state index contributed by atoms with van der Waals surface area (Å²) in [4.78, 5) is 0. The minimum Gasteiger partial charge on any atom is -0.394 e. The average molecular weight is 312 g/mol. The third-order valence-electron chi connectivity index (χ3n) is 4.62. The zero-order chi connectivity index (χ0) is 16.7. The summed E-state index contributed by atoms with van der Waals surface area (Å²) in [5.41, 5.74) is -0.479. The van der Waals surface area contributed by atoms with Crippen LogP contribution in [0.25, 0.3) is 0 Å². The van der Waals surface area contributed by atoms with Crippen molar-refractivity contribution in [3.05, 3.63) is 35.4 Å². The standard InChI is InChI=1S/C16H24O6/c1-8(2)9-3-5-10(6-4-9)12-13(19)15(21)16(12,22)14(20)11(18)7-17/h3-6,8,11-15,17-22H,7H2,1-2H3/t11-,12?,13?,14-,15+,16+/m1/s1. The van der Waals surface area contributed by atoms with Crippen molar-refractivity contribution >= 4 is 0 Å². The summed E-state index contributed by atoms with van der Waals surface area (Å²) in [5, 5.41) is 59.0. The lowest BCUT2D eigenvalue weighted by atomic mass is 9.58. The largest absolute Gasteiger partial charge is 0.394 e. The number of rotatable bonds is 5. The molecule has 0 amide bonds. The Labute approximate surface area is 129 Å². The predicted octanol–water partition coefficient (Wildman–Crippen LogP) is -0.926. The summed E-state index contributed by atoms with van der Waals surface area (Å²) in [6.07, 6.45) is -6.23. The first-order valence-corrected chi connectivity index (χ1v) is 7.40. The summed E-state index contributed by atoms with van der Waals surface area (Å²) >= 11 is 0. The predicted molar refractivity (Wildman–Crippen MR) is 79.3 cm³/mol. The van der Waals surface area contributed by atoms with Gasteiger partial charge in [-0.2, -0.15) is 0 Å². The van der Waals surface area contributed by atoms with Crippen LogP contribution in [0.5, 0.6) is 0 Å². The van der Waals surface area contributed by atoms with Gasteiger partial charge in [-0.05, 0) is 17.0 Å². The lowest BCUT2D eigenvalue weighted by Gasteiger charge is -2.56. The molecule has 2 unspecified atom stereocenters. The topological polar surface area (TPSA) is 121 Å². The Balaban J connectivity index is 2.31. The zero-order valence-electron chi connectivity index (χ0n) is 12.7. The van der Waals surface area contributed by atoms with Crippen LogP contribution in [0.2, 0.25) is 0 Å². The van der Waals surface area contributed by atoms with Crippen molar-refractivity contribution in [2.75, 3.05) is 6.61 Å². The van der Waals surface area contributed by atoms with Crippen LogP contribution < -0.4 is 0 Å². The number of hydrogen-bond donors (Lipinski definition) is 6. The van der Waals surface area contributed by atoms with Gasteiger partial charge in [0.25, 0.3) is 0 Å². The van der Waals surface area contributed by atoms with Gasteiger partial charge < -0.3 is 30.6 Å². The van der Waals surface area contributed by atoms with Gasteiger partial charge in [-0.25, -0.2) is 0 Å². The van der Waals surface area contributed by atoms with Crippen molar-refractivity contribution < 1.29 is 30.6 Å². The second-order valence-corrected chi connectivity index (χ2v) is 6.32. The molecule has 1 aliphatic carbocycles. The molecule has 1 aliphatic rings. The molecule has 0 aliphatic heterocycles. The lowest BCUT2D eigenvalue weighted by molar-refractivity contribution is -0.284. The molecule has 22 heavy (non-hydrogen) atoms. The second kappa shape index (κ2) is 6.23. The molecule has 0 saturated heterocycles. The van der Waals surface area contributed by atoms with E-state index in [4.69, 9.17) is 5.11 Å². The monoisotopic (exact) mass is 312 g/mol. The highest BCUT2D eigenvalue weighted by molar-refractivity contribution is 5.36. The fourth-order valence-corrected chi connectivity index (χ4v) is 3.11. The van der Waals surface area contributed by atoms with Crippen LogP contribution in [-0.2, 0) is 0 Å². The van der Waals surface area contributed by atoms with Crippen molar-refractivity contribution in [2.24, 2.45) is 0 Å². The maximum atomic E-state index is 10.6. The molecule has 1 fully saturated rings. The summed E-state index contributed by atoms with van der Waals surface area (Å²) in [6, 6.07) is 7.15. The molecule has 0 spiro atoms. The van der Waals surface area contributed by atoms with Crippen LogP contribution in [0, 0.1) is 0 Å². The van der Waals surface area contributed by atoms with E-state index in [9.17, 15) is 25.5 Å². The van der Waals surface area contributed by atoms with Gasteiger partial charge in [-0.3, -0.25) is 0 Å². The van der Waals surface area contributed by atoms with Gasteiger partial charge in [-0.1, -0.05) is 38.1 Å². The van der Waals surface area contributed by atoms with E-state index < -0.39 is 42.5 Å². The lowest BCUT2D eigenvalue weighted by Crippen LogP contribution is -2.75. The molecular formula is C16H24O6. The van der Waals surface area contributed by atoms with Crippen LogP contribution in [0.1, 0.15) is 36.8 Å². The maximum absolute atomic E-state index is 10.6. The van der Waals surface area contributed by atoms with E-state index >= 15 is 0 Å². The van der Waals surface area contributed by atoms with Gasteiger partial charge in [0.1, 0.15) is 23.9 Å². The highest BCUT2D eigenvalue weighted by Gasteiger charge is 2.65. The van der Waals surface area contributed by atoms with Gasteiger partial charge in [0.05, 0.1) is 12.7 Å². The van der Waals surface area contributed by atoms with E-state index in [-0.39, 0.29) is 0 Å². The molecule has 6 N–H and O–H groups in total. The Kier molecular flexibility index (Phi) is 4.91. The molecule has 6 nitrogen and oxygen atoms in total. The summed E-state index contributed by atoms with van der Waals surface area (Å²) in [6.45, 7) is 3.31. The average Bonchev–Trinajstić information content (AvgIpc) is 2.53. The SMILES string of the molecule is CC(C)c1ccc(C2C(O)[C@H](O)[C@@]2(O)[C@H](O)[C@H](O)CO)cc1. The summed E-state index contributed by atoms with van der Waals surface area (Å²) < 4.78 is 0. The molecule has 1 aromatic rings. The summed E-state index contributed by atoms with van der Waals surface area (Å²) in [5.74, 6) is -0.619. The second-order valence-electron chi connectivity index (χ2n) is 6.32. The van der Waals surface area contributed by atoms with E-state index in [0.717, 1.165) is 5.56 Å². The molecule has 0 aromatic heterocycles. The number of aliphatic hydroxyl groups is 6. The molecule has 1 saturated carbocycles. The van der Waals surface area contributed by atoms with Crippen molar-refractivity contribution in [1.82, 2.24) is 0 Å². The molecule has 0 radical (unpaired) electrons. The molecule has 0 bridgehead atoms. The number of aliphatic hydroxyl groups excluding tert-OH is 5. The first-order valence-electron chi connectivity index (χ1n) is 7.40. The maximum Gasteiger partial charge on any atom is 0.131 e. The van der Waals surface area contributed by atoms with E-state index in [2.05, 4.69) is 0 Å². The third-order valence-corrected chi connectivity index (χ3v) is 4.62. The van der Waals surface area contributed by atoms with Crippen LogP contribution in [0.15, 0.2) is 24.3 Å². The zero-order valence-corrected chi connectivity index (χ0v) is 12.7. The molecule has 0 heterocycles. The van der Waals surface area contributed by atoms with E-state index in [1.807, 2.05) is 26.0 Å². The minimum atomic E-state index is -2.11. The van der Waals surface area contributed by atoms with Gasteiger partial charge >= 0.3 is 0 Å². The Morgan fingerprint density at radius 1 is 1.09 bits per heavy atom. The minimum absolute atomic E-state index is 0.326. The smallest absolute Gasteiger partial charge is 0.131 e. The first-order chi connectivity index (χ1) is 10.2. The highest BCUT2D eigenvalue weighted by atomic mass is 16.4. The van der Waals surface area contributed by atoms with Crippen LogP contribution >= 0.6 is 0 Å². The molecular weight excluding hydrogens is 288 g/mol. The molecule has 6 atom stereocenters. The number of hydrogen-bond acceptors (Lipinski definition) is 6. The Hall–Kier alpha value is -1.02. The van der Waals surface area contributed by atoms with Crippen molar-refractivity contribution in [3.63, 3.8) is 0 Å². The number of benzene rings is 1. The molecule has 124 valence electrons. The quantitative estimate of drug-likeness (QED) is 0.418. The van der Waals surface area contributed by atoms with E-state index in [1.54, 1.807) is 12.1 Å². The van der Waals surface area contributed by atoms with Crippen LogP contribution in [0.4, 0.5) is 0 Å². The fourth-order valence-electron chi connectivity index (χ4n) is 3.11. The van der Waals surface area contributed by atoms with Crippen molar-refractivity contribution in [2.45, 2.75) is 55.7 Å². The van der Waals surface area contributed by atoms with Crippen molar-refractivity contribution in [1.29, 1.82) is 0 Å².